The topological polar surface area (TPSA) is 107 Å². The molecule has 0 unspecified atom stereocenters. The van der Waals surface area contributed by atoms with Crippen molar-refractivity contribution in [3.63, 3.8) is 0 Å². The molecule has 2 atom stereocenters. The molecular weight excluding hydrogens is 390 g/mol. The van der Waals surface area contributed by atoms with Gasteiger partial charge in [0.25, 0.3) is 0 Å². The van der Waals surface area contributed by atoms with Crippen LogP contribution in [0.2, 0.25) is 0 Å². The molecule has 1 aliphatic rings. The number of carbonyl (C=O) groups excluding carboxylic acids is 1. The molecular formula is C6H8Br2KNaO6. The van der Waals surface area contributed by atoms with Crippen LogP contribution in [-0.2, 0) is 9.53 Å². The number of esters is 1. The first-order valence-corrected chi connectivity index (χ1v) is 3.20. The first-order chi connectivity index (χ1) is 5.57. The van der Waals surface area contributed by atoms with E-state index in [0.29, 0.717) is 0 Å². The molecule has 1 rings (SSSR count). The van der Waals surface area contributed by atoms with Crippen LogP contribution < -0.4 is 115 Å². The Bertz CT molecular complexity index is 251. The van der Waals surface area contributed by atoms with Crippen LogP contribution in [0.15, 0.2) is 11.5 Å². The summed E-state index contributed by atoms with van der Waals surface area (Å²) >= 11 is 0. The minimum atomic E-state index is -1.42. The maximum absolute atomic E-state index is 10.5. The molecule has 0 saturated heterocycles. The number of aliphatic hydroxyl groups excluding tert-OH is 4. The molecule has 0 amide bonds. The maximum Gasteiger partial charge on any atom is 1.00 e. The summed E-state index contributed by atoms with van der Waals surface area (Å²) in [5.41, 5.74) is 0. The van der Waals surface area contributed by atoms with E-state index in [0.717, 1.165) is 0 Å². The van der Waals surface area contributed by atoms with Crippen LogP contribution in [0.1, 0.15) is 0 Å². The number of carbonyl (C=O) groups is 1. The monoisotopic (exact) mass is 396 g/mol. The van der Waals surface area contributed by atoms with Gasteiger partial charge in [0.05, 0.1) is 6.61 Å². The summed E-state index contributed by atoms with van der Waals surface area (Å²) in [5, 5.41) is 35.0. The summed E-state index contributed by atoms with van der Waals surface area (Å²) < 4.78 is 4.32. The minimum absolute atomic E-state index is 0. The van der Waals surface area contributed by atoms with Gasteiger partial charge in [0.2, 0.25) is 5.76 Å². The molecule has 84 valence electrons. The van der Waals surface area contributed by atoms with Gasteiger partial charge in [-0.3, -0.25) is 0 Å². The molecule has 0 aliphatic carbocycles. The first kappa shape index (κ1) is 26.8. The second-order valence-electron chi connectivity index (χ2n) is 2.31. The van der Waals surface area contributed by atoms with Crippen molar-refractivity contribution in [2.75, 3.05) is 6.61 Å². The van der Waals surface area contributed by atoms with Crippen molar-refractivity contribution < 1.29 is 145 Å². The SMILES string of the molecule is O=C1O[C@H]([C@@H](O)CO)C(O)=C1O.[Br-].[Br-].[K+].[Na+]. The van der Waals surface area contributed by atoms with Crippen molar-refractivity contribution >= 4 is 5.97 Å². The smallest absolute Gasteiger partial charge is 1.00 e. The molecule has 1 aliphatic heterocycles. The average molecular weight is 398 g/mol. The fourth-order valence-corrected chi connectivity index (χ4v) is 0.823. The van der Waals surface area contributed by atoms with Gasteiger partial charge in [-0.05, 0) is 0 Å². The third-order valence-electron chi connectivity index (χ3n) is 1.48. The Morgan fingerprint density at radius 1 is 1.31 bits per heavy atom. The second-order valence-corrected chi connectivity index (χ2v) is 2.31. The summed E-state index contributed by atoms with van der Waals surface area (Å²) in [6.07, 6.45) is -2.78. The Morgan fingerprint density at radius 2 is 1.75 bits per heavy atom. The van der Waals surface area contributed by atoms with Crippen molar-refractivity contribution in [1.82, 2.24) is 0 Å². The molecule has 1 heterocycles. The van der Waals surface area contributed by atoms with Crippen LogP contribution in [0.4, 0.5) is 0 Å². The average Bonchev–Trinajstić information content (AvgIpc) is 2.32. The molecule has 0 spiro atoms. The van der Waals surface area contributed by atoms with Crippen LogP contribution in [-0.4, -0.2) is 45.2 Å². The molecule has 6 nitrogen and oxygen atoms in total. The van der Waals surface area contributed by atoms with Gasteiger partial charge in [0.15, 0.2) is 11.9 Å². The number of rotatable bonds is 2. The van der Waals surface area contributed by atoms with Crippen molar-refractivity contribution in [1.29, 1.82) is 0 Å². The van der Waals surface area contributed by atoms with E-state index in [4.69, 9.17) is 20.4 Å². The molecule has 10 heteroatoms. The molecule has 0 saturated carbocycles. The quantitative estimate of drug-likeness (QED) is 0.272. The van der Waals surface area contributed by atoms with Gasteiger partial charge >= 0.3 is 86.9 Å². The van der Waals surface area contributed by atoms with Gasteiger partial charge < -0.3 is 59.1 Å². The molecule has 16 heavy (non-hydrogen) atoms. The van der Waals surface area contributed by atoms with Crippen molar-refractivity contribution in [2.24, 2.45) is 0 Å². The molecule has 0 aromatic carbocycles. The third-order valence-corrected chi connectivity index (χ3v) is 1.48. The first-order valence-electron chi connectivity index (χ1n) is 3.20. The van der Waals surface area contributed by atoms with Crippen molar-refractivity contribution in [3.05, 3.63) is 11.5 Å². The zero-order valence-electron chi connectivity index (χ0n) is 8.72. The van der Waals surface area contributed by atoms with Crippen molar-refractivity contribution in [2.45, 2.75) is 12.2 Å². The Balaban J connectivity index is -0.000000180. The summed E-state index contributed by atoms with van der Waals surface area (Å²) in [6, 6.07) is 0. The van der Waals surface area contributed by atoms with E-state index in [1.54, 1.807) is 0 Å². The number of cyclic esters (lactones) is 1. The van der Waals surface area contributed by atoms with Crippen LogP contribution in [0.3, 0.4) is 0 Å². The summed E-state index contributed by atoms with van der Waals surface area (Å²) in [5.74, 6) is -2.78. The van der Waals surface area contributed by atoms with Gasteiger partial charge in [-0.2, -0.15) is 0 Å². The minimum Gasteiger partial charge on any atom is -1.00 e. The second kappa shape index (κ2) is 12.4. The van der Waals surface area contributed by atoms with Crippen LogP contribution in [0, 0.1) is 0 Å². The molecule has 0 aromatic heterocycles. The molecule has 0 aromatic rings. The molecule has 0 radical (unpaired) electrons. The number of hydrogen-bond acceptors (Lipinski definition) is 6. The summed E-state index contributed by atoms with van der Waals surface area (Å²) in [6.45, 7) is -0.671. The number of hydrogen-bond donors (Lipinski definition) is 4. The Hall–Kier alpha value is 2.33. The third kappa shape index (κ3) is 6.48. The van der Waals surface area contributed by atoms with E-state index >= 15 is 0 Å². The van der Waals surface area contributed by atoms with E-state index in [-0.39, 0.29) is 115 Å². The van der Waals surface area contributed by atoms with Crippen LogP contribution in [0.5, 0.6) is 0 Å². The molecule has 4 N–H and O–H groups in total. The molecule has 0 bridgehead atoms. The number of ether oxygens (including phenoxy) is 1. The number of aliphatic hydroxyl groups is 4. The predicted molar refractivity (Wildman–Crippen MR) is 35.3 cm³/mol. The van der Waals surface area contributed by atoms with E-state index in [1.165, 1.54) is 0 Å². The van der Waals surface area contributed by atoms with Gasteiger partial charge in [-0.15, -0.1) is 0 Å². The normalized spacial score (nSPS) is 19.4. The summed E-state index contributed by atoms with van der Waals surface area (Å²) in [4.78, 5) is 10.5. The van der Waals surface area contributed by atoms with Gasteiger partial charge in [-0.1, -0.05) is 0 Å². The van der Waals surface area contributed by atoms with E-state index in [1.807, 2.05) is 0 Å². The van der Waals surface area contributed by atoms with Crippen LogP contribution in [0.25, 0.3) is 0 Å². The van der Waals surface area contributed by atoms with Gasteiger partial charge in [-0.25, -0.2) is 4.79 Å². The van der Waals surface area contributed by atoms with Gasteiger partial charge in [0.1, 0.15) is 6.10 Å². The van der Waals surface area contributed by atoms with Crippen molar-refractivity contribution in [3.8, 4) is 0 Å². The Morgan fingerprint density at radius 3 is 2.00 bits per heavy atom. The number of halogens is 2. The van der Waals surface area contributed by atoms with E-state index < -0.39 is 36.3 Å². The maximum atomic E-state index is 10.5. The predicted octanol–water partition coefficient (Wildman–Crippen LogP) is -13.4. The Labute approximate surface area is 178 Å². The van der Waals surface area contributed by atoms with Crippen LogP contribution >= 0.6 is 0 Å². The van der Waals surface area contributed by atoms with E-state index in [2.05, 4.69) is 4.74 Å². The van der Waals surface area contributed by atoms with E-state index in [9.17, 15) is 4.79 Å². The summed E-state index contributed by atoms with van der Waals surface area (Å²) in [7, 11) is 0. The fraction of sp³-hybridized carbons (Fsp3) is 0.500. The standard InChI is InChI=1S/C6H8O6.2BrH.K.Na/c7-1-2(8)5-3(9)4(10)6(11)12-5;;;;/h2,5,7-10H,1H2;2*1H;;/q;;;2*+1/p-2/t2-,5+;;;;/m0..../s1. The van der Waals surface area contributed by atoms with Gasteiger partial charge in [0, 0.05) is 0 Å². The fourth-order valence-electron chi connectivity index (χ4n) is 0.823. The zero-order valence-corrected chi connectivity index (χ0v) is 17.0. The Kier molecular flexibility index (Phi) is 20.7. The zero-order chi connectivity index (χ0) is 9.30. The largest absolute Gasteiger partial charge is 1.00 e. The molecule has 0 fully saturated rings.